The quantitative estimate of drug-likeness (QED) is 0.274. The summed E-state index contributed by atoms with van der Waals surface area (Å²) < 4.78 is 7.20. The van der Waals surface area contributed by atoms with Crippen molar-refractivity contribution in [3.63, 3.8) is 0 Å². The summed E-state index contributed by atoms with van der Waals surface area (Å²) in [5, 5.41) is 0.909. The Labute approximate surface area is 211 Å². The van der Waals surface area contributed by atoms with Crippen LogP contribution < -0.4 is 4.74 Å². The lowest BCUT2D eigenvalue weighted by molar-refractivity contribution is -0.124. The van der Waals surface area contributed by atoms with E-state index in [2.05, 4.69) is 37.8 Å². The van der Waals surface area contributed by atoms with Crippen molar-refractivity contribution in [3.8, 4) is 18.1 Å². The molecule has 32 heavy (non-hydrogen) atoms. The third-order valence-electron chi connectivity index (χ3n) is 6.26. The minimum Gasteiger partial charge on any atom is -0.479 e. The molecule has 3 fully saturated rings. The average molecular weight is 580 g/mol. The molecule has 1 aliphatic heterocycles. The maximum absolute atomic E-state index is 13.5. The Morgan fingerprint density at radius 2 is 1.72 bits per heavy atom. The molecule has 0 radical (unpaired) electrons. The zero-order chi connectivity index (χ0) is 22.5. The summed E-state index contributed by atoms with van der Waals surface area (Å²) in [6.07, 6.45) is 19.1. The molecule has 0 aromatic heterocycles. The second-order valence-corrected chi connectivity index (χ2v) is 11.3. The molecule has 0 spiro atoms. The molecule has 2 aliphatic carbocycles. The van der Waals surface area contributed by atoms with E-state index in [9.17, 15) is 4.79 Å². The molecule has 170 valence electrons. The van der Waals surface area contributed by atoms with E-state index in [1.807, 2.05) is 23.1 Å². The molecule has 1 amide bonds. The van der Waals surface area contributed by atoms with Gasteiger partial charge < -0.3 is 4.74 Å². The van der Waals surface area contributed by atoms with Gasteiger partial charge in [-0.2, -0.15) is 0 Å². The van der Waals surface area contributed by atoms with Gasteiger partial charge in [0.25, 0.3) is 5.91 Å². The van der Waals surface area contributed by atoms with Crippen LogP contribution in [0.15, 0.2) is 31.0 Å². The van der Waals surface area contributed by atoms with Crippen LogP contribution in [-0.2, 0) is 4.79 Å². The molecular weight excluding hydrogens is 552 g/mol. The minimum atomic E-state index is 0.0939. The van der Waals surface area contributed by atoms with Gasteiger partial charge in [-0.25, -0.2) is 0 Å². The third-order valence-corrected chi connectivity index (χ3v) is 8.44. The van der Waals surface area contributed by atoms with Crippen LogP contribution in [0.3, 0.4) is 0 Å². The maximum atomic E-state index is 13.5. The summed E-state index contributed by atoms with van der Waals surface area (Å²) in [6.45, 7) is 0.198. The third kappa shape index (κ3) is 5.63. The highest BCUT2D eigenvalue weighted by Crippen LogP contribution is 2.40. The number of terminal acetylenes is 1. The summed E-state index contributed by atoms with van der Waals surface area (Å²) in [7, 11) is 0. The van der Waals surface area contributed by atoms with Crippen LogP contribution in [0.4, 0.5) is 0 Å². The largest absolute Gasteiger partial charge is 0.479 e. The van der Waals surface area contributed by atoms with Crippen LogP contribution in [-0.4, -0.2) is 34.7 Å². The standard InChI is InChI=1S/C25H28Br2N2O2S/c1-2-13-31-23-20(26)14-17(15-21(23)27)16-22-24(30)29(19-11-7-4-8-12-19)25(32-22)28-18-9-5-3-6-10-18/h1,14-16,18-19H,3-13H2. The molecular formula is C25H28Br2N2O2S. The Hall–Kier alpha value is -1.23. The Balaban J connectivity index is 1.62. The molecule has 1 aromatic carbocycles. The van der Waals surface area contributed by atoms with E-state index in [-0.39, 0.29) is 18.6 Å². The second kappa shape index (κ2) is 11.3. The fourth-order valence-corrected chi connectivity index (χ4v) is 7.23. The first-order valence-electron chi connectivity index (χ1n) is 11.4. The highest BCUT2D eigenvalue weighted by Gasteiger charge is 2.39. The lowest BCUT2D eigenvalue weighted by Crippen LogP contribution is -2.41. The van der Waals surface area contributed by atoms with E-state index in [0.29, 0.717) is 11.8 Å². The average Bonchev–Trinajstić information content (AvgIpc) is 3.09. The van der Waals surface area contributed by atoms with Gasteiger partial charge in [-0.1, -0.05) is 44.4 Å². The lowest BCUT2D eigenvalue weighted by Gasteiger charge is -2.31. The summed E-state index contributed by atoms with van der Waals surface area (Å²) in [5.74, 6) is 3.24. The van der Waals surface area contributed by atoms with Crippen LogP contribution in [0.5, 0.6) is 5.75 Å². The number of thioether (sulfide) groups is 1. The molecule has 0 atom stereocenters. The van der Waals surface area contributed by atoms with Crippen molar-refractivity contribution in [3.05, 3.63) is 31.5 Å². The molecule has 1 heterocycles. The predicted octanol–water partition coefficient (Wildman–Crippen LogP) is 7.16. The molecule has 1 saturated heterocycles. The summed E-state index contributed by atoms with van der Waals surface area (Å²) in [4.78, 5) is 21.4. The number of benzene rings is 1. The first-order chi connectivity index (χ1) is 15.6. The monoisotopic (exact) mass is 578 g/mol. The highest BCUT2D eigenvalue weighted by atomic mass is 79.9. The number of amides is 1. The van der Waals surface area contributed by atoms with Crippen molar-refractivity contribution >= 4 is 60.8 Å². The van der Waals surface area contributed by atoms with Crippen LogP contribution >= 0.6 is 43.6 Å². The number of carbonyl (C=O) groups is 1. The zero-order valence-electron chi connectivity index (χ0n) is 18.1. The number of amidine groups is 1. The van der Waals surface area contributed by atoms with Gasteiger partial charge in [-0.05, 0) is 93.1 Å². The number of aliphatic imine (C=N–C) groups is 1. The van der Waals surface area contributed by atoms with Crippen molar-refractivity contribution < 1.29 is 9.53 Å². The fraction of sp³-hybridized carbons (Fsp3) is 0.520. The second-order valence-electron chi connectivity index (χ2n) is 8.59. The molecule has 2 saturated carbocycles. The van der Waals surface area contributed by atoms with Gasteiger partial charge in [-0.3, -0.25) is 14.7 Å². The van der Waals surface area contributed by atoms with Gasteiger partial charge >= 0.3 is 0 Å². The number of nitrogens with zero attached hydrogens (tertiary/aromatic N) is 2. The number of rotatable bonds is 5. The van der Waals surface area contributed by atoms with E-state index in [1.54, 1.807) is 0 Å². The molecule has 0 N–H and O–H groups in total. The summed E-state index contributed by atoms with van der Waals surface area (Å²) in [5.41, 5.74) is 0.926. The van der Waals surface area contributed by atoms with Gasteiger partial charge in [0.05, 0.1) is 19.9 Å². The van der Waals surface area contributed by atoms with Crippen molar-refractivity contribution in [2.75, 3.05) is 6.61 Å². The molecule has 1 aromatic rings. The van der Waals surface area contributed by atoms with E-state index < -0.39 is 0 Å². The number of hydrogen-bond donors (Lipinski definition) is 0. The Morgan fingerprint density at radius 1 is 1.09 bits per heavy atom. The SMILES string of the molecule is C#CCOc1c(Br)cc(C=C2SC(=NC3CCCCC3)N(C3CCCCC3)C2=O)cc1Br. The van der Waals surface area contributed by atoms with Gasteiger partial charge in [0.15, 0.2) is 5.17 Å². The molecule has 4 rings (SSSR count). The molecule has 0 bridgehead atoms. The number of ether oxygens (including phenoxy) is 1. The Bertz CT molecular complexity index is 934. The number of halogens is 2. The van der Waals surface area contributed by atoms with Crippen LogP contribution in [0.2, 0.25) is 0 Å². The summed E-state index contributed by atoms with van der Waals surface area (Å²) in [6, 6.07) is 4.53. The van der Waals surface area contributed by atoms with Crippen molar-refractivity contribution in [1.29, 1.82) is 0 Å². The number of carbonyl (C=O) groups excluding carboxylic acids is 1. The van der Waals surface area contributed by atoms with Crippen molar-refractivity contribution in [2.45, 2.75) is 76.3 Å². The molecule has 3 aliphatic rings. The maximum Gasteiger partial charge on any atom is 0.266 e. The van der Waals surface area contributed by atoms with Crippen molar-refractivity contribution in [1.82, 2.24) is 4.90 Å². The van der Waals surface area contributed by atoms with Crippen LogP contribution in [0.1, 0.15) is 69.8 Å². The van der Waals surface area contributed by atoms with E-state index in [0.717, 1.165) is 50.3 Å². The van der Waals surface area contributed by atoms with Gasteiger partial charge in [0.1, 0.15) is 12.4 Å². The van der Waals surface area contributed by atoms with Gasteiger partial charge in [-0.15, -0.1) is 6.42 Å². The first-order valence-corrected chi connectivity index (χ1v) is 13.8. The Kier molecular flexibility index (Phi) is 8.42. The van der Waals surface area contributed by atoms with E-state index in [4.69, 9.17) is 16.2 Å². The van der Waals surface area contributed by atoms with Gasteiger partial charge in [0, 0.05) is 6.04 Å². The highest BCUT2D eigenvalue weighted by molar-refractivity contribution is 9.11. The predicted molar refractivity (Wildman–Crippen MR) is 140 cm³/mol. The van der Waals surface area contributed by atoms with E-state index in [1.165, 1.54) is 50.3 Å². The molecule has 4 nitrogen and oxygen atoms in total. The number of hydrogen-bond acceptors (Lipinski definition) is 4. The first kappa shape index (κ1) is 23.9. The topological polar surface area (TPSA) is 41.9 Å². The van der Waals surface area contributed by atoms with Gasteiger partial charge in [0.2, 0.25) is 0 Å². The Morgan fingerprint density at radius 3 is 2.34 bits per heavy atom. The molecule has 0 unspecified atom stereocenters. The zero-order valence-corrected chi connectivity index (χ0v) is 22.1. The fourth-order valence-electron chi connectivity index (χ4n) is 4.67. The normalized spacial score (nSPS) is 23.2. The smallest absolute Gasteiger partial charge is 0.266 e. The van der Waals surface area contributed by atoms with E-state index >= 15 is 0 Å². The van der Waals surface area contributed by atoms with Crippen LogP contribution in [0, 0.1) is 12.3 Å². The molecule has 7 heteroatoms. The van der Waals surface area contributed by atoms with Crippen LogP contribution in [0.25, 0.3) is 6.08 Å². The minimum absolute atomic E-state index is 0.0939. The lowest BCUT2D eigenvalue weighted by atomic mass is 9.94. The van der Waals surface area contributed by atoms with Crippen molar-refractivity contribution in [2.24, 2.45) is 4.99 Å². The summed E-state index contributed by atoms with van der Waals surface area (Å²) >= 11 is 8.67.